The van der Waals surface area contributed by atoms with Crippen LogP contribution in [0.5, 0.6) is 5.75 Å². The van der Waals surface area contributed by atoms with E-state index < -0.39 is 0 Å². The number of anilines is 1. The number of benzene rings is 1. The van der Waals surface area contributed by atoms with Gasteiger partial charge >= 0.3 is 0 Å². The third-order valence-corrected chi connectivity index (χ3v) is 3.60. The molecule has 2 nitrogen and oxygen atoms in total. The first-order valence-corrected chi connectivity index (χ1v) is 8.61. The van der Waals surface area contributed by atoms with E-state index in [-0.39, 0.29) is 0 Å². The molecule has 0 saturated heterocycles. The summed E-state index contributed by atoms with van der Waals surface area (Å²) in [5.41, 5.74) is 1.12. The van der Waals surface area contributed by atoms with Crippen molar-refractivity contribution in [3.8, 4) is 5.75 Å². The minimum atomic E-state index is 0.496. The van der Waals surface area contributed by atoms with Gasteiger partial charge in [0.2, 0.25) is 0 Å². The Labute approximate surface area is 131 Å². The van der Waals surface area contributed by atoms with Crippen LogP contribution in [-0.2, 0) is 0 Å². The van der Waals surface area contributed by atoms with Crippen LogP contribution in [0.4, 0.5) is 5.69 Å². The highest BCUT2D eigenvalue weighted by Crippen LogP contribution is 2.25. The average molecular weight is 291 g/mol. The third-order valence-electron chi connectivity index (χ3n) is 3.60. The Kier molecular flexibility index (Phi) is 8.96. The summed E-state index contributed by atoms with van der Waals surface area (Å²) in [5, 5.41) is 3.60. The van der Waals surface area contributed by atoms with E-state index in [1.807, 2.05) is 6.07 Å². The van der Waals surface area contributed by atoms with E-state index in [1.54, 1.807) is 0 Å². The van der Waals surface area contributed by atoms with Crippen LogP contribution in [0.25, 0.3) is 0 Å². The molecule has 2 heteroatoms. The van der Waals surface area contributed by atoms with Gasteiger partial charge in [0.1, 0.15) is 5.75 Å². The lowest BCUT2D eigenvalue weighted by molar-refractivity contribution is 0.272. The number of ether oxygens (including phenoxy) is 1. The minimum absolute atomic E-state index is 0.496. The van der Waals surface area contributed by atoms with Crippen LogP contribution in [0, 0.1) is 5.92 Å². The van der Waals surface area contributed by atoms with E-state index in [4.69, 9.17) is 4.74 Å². The molecule has 1 atom stereocenters. The van der Waals surface area contributed by atoms with Gasteiger partial charge in [0.25, 0.3) is 0 Å². The fourth-order valence-electron chi connectivity index (χ4n) is 2.36. The number of hydrogen-bond acceptors (Lipinski definition) is 2. The Hall–Kier alpha value is -1.18. The predicted molar refractivity (Wildman–Crippen MR) is 93.2 cm³/mol. The molecule has 0 amide bonds. The molecular formula is C19H33NO. The lowest BCUT2D eigenvalue weighted by Gasteiger charge is -2.19. The summed E-state index contributed by atoms with van der Waals surface area (Å²) in [4.78, 5) is 0. The highest BCUT2D eigenvalue weighted by Gasteiger charge is 2.07. The molecule has 1 unspecified atom stereocenters. The molecule has 0 aromatic heterocycles. The van der Waals surface area contributed by atoms with Crippen molar-refractivity contribution in [3.05, 3.63) is 24.3 Å². The minimum Gasteiger partial charge on any atom is -0.491 e. The lowest BCUT2D eigenvalue weighted by Crippen LogP contribution is -2.16. The van der Waals surface area contributed by atoms with E-state index in [0.29, 0.717) is 12.0 Å². The van der Waals surface area contributed by atoms with E-state index in [9.17, 15) is 0 Å². The number of hydrogen-bond donors (Lipinski definition) is 1. The first kappa shape index (κ1) is 17.9. The van der Waals surface area contributed by atoms with Crippen molar-refractivity contribution in [2.24, 2.45) is 5.92 Å². The molecule has 0 radical (unpaired) electrons. The second-order valence-electron chi connectivity index (χ2n) is 6.45. The van der Waals surface area contributed by atoms with Gasteiger partial charge in [0.15, 0.2) is 0 Å². The maximum absolute atomic E-state index is 5.89. The molecule has 0 fully saturated rings. The Morgan fingerprint density at radius 1 is 1.00 bits per heavy atom. The summed E-state index contributed by atoms with van der Waals surface area (Å²) in [6.45, 7) is 9.64. The lowest BCUT2D eigenvalue weighted by atomic mass is 10.1. The van der Waals surface area contributed by atoms with Crippen LogP contribution in [-0.4, -0.2) is 12.6 Å². The Morgan fingerprint density at radius 2 is 1.71 bits per heavy atom. The molecule has 21 heavy (non-hydrogen) atoms. The van der Waals surface area contributed by atoms with Crippen LogP contribution >= 0.6 is 0 Å². The van der Waals surface area contributed by atoms with E-state index in [0.717, 1.165) is 18.0 Å². The molecule has 1 rings (SSSR count). The second-order valence-corrected chi connectivity index (χ2v) is 6.45. The topological polar surface area (TPSA) is 21.3 Å². The third kappa shape index (κ3) is 7.99. The summed E-state index contributed by atoms with van der Waals surface area (Å²) in [5.74, 6) is 1.53. The van der Waals surface area contributed by atoms with Crippen molar-refractivity contribution in [1.82, 2.24) is 0 Å². The molecule has 0 saturated carbocycles. The van der Waals surface area contributed by atoms with E-state index in [1.165, 1.54) is 38.5 Å². The molecule has 0 heterocycles. The van der Waals surface area contributed by atoms with Gasteiger partial charge < -0.3 is 10.1 Å². The smallest absolute Gasteiger partial charge is 0.142 e. The Balaban J connectivity index is 2.38. The molecule has 0 aliphatic heterocycles. The highest BCUT2D eigenvalue weighted by atomic mass is 16.5. The zero-order valence-corrected chi connectivity index (χ0v) is 14.3. The SMILES string of the molecule is CCCCCCCC(C)Nc1ccccc1OCC(C)C. The van der Waals surface area contributed by atoms with E-state index >= 15 is 0 Å². The van der Waals surface area contributed by atoms with Crippen molar-refractivity contribution < 1.29 is 4.74 Å². The summed E-state index contributed by atoms with van der Waals surface area (Å²) in [6, 6.07) is 8.77. The predicted octanol–water partition coefficient (Wildman–Crippen LogP) is 5.88. The van der Waals surface area contributed by atoms with Gasteiger partial charge in [0.05, 0.1) is 12.3 Å². The number of rotatable bonds is 11. The zero-order valence-electron chi connectivity index (χ0n) is 14.3. The summed E-state index contributed by atoms with van der Waals surface area (Å²) in [6.07, 6.45) is 7.94. The van der Waals surface area contributed by atoms with Gasteiger partial charge in [-0.3, -0.25) is 0 Å². The quantitative estimate of drug-likeness (QED) is 0.514. The fraction of sp³-hybridized carbons (Fsp3) is 0.684. The van der Waals surface area contributed by atoms with Crippen molar-refractivity contribution in [1.29, 1.82) is 0 Å². The van der Waals surface area contributed by atoms with Gasteiger partial charge in [-0.15, -0.1) is 0 Å². The van der Waals surface area contributed by atoms with Crippen molar-refractivity contribution in [2.75, 3.05) is 11.9 Å². The maximum Gasteiger partial charge on any atom is 0.142 e. The van der Waals surface area contributed by atoms with Gasteiger partial charge in [0, 0.05) is 6.04 Å². The molecule has 1 aromatic carbocycles. The van der Waals surface area contributed by atoms with Gasteiger partial charge in [-0.1, -0.05) is 65.0 Å². The molecule has 0 spiro atoms. The number of unbranched alkanes of at least 4 members (excludes halogenated alkanes) is 4. The van der Waals surface area contributed by atoms with Gasteiger partial charge in [-0.25, -0.2) is 0 Å². The Bertz CT molecular complexity index is 376. The number of nitrogens with one attached hydrogen (secondary N) is 1. The molecule has 0 bridgehead atoms. The van der Waals surface area contributed by atoms with Crippen molar-refractivity contribution >= 4 is 5.69 Å². The van der Waals surface area contributed by atoms with Crippen LogP contribution < -0.4 is 10.1 Å². The number of para-hydroxylation sites is 2. The van der Waals surface area contributed by atoms with Crippen LogP contribution in [0.1, 0.15) is 66.2 Å². The van der Waals surface area contributed by atoms with Crippen LogP contribution in [0.3, 0.4) is 0 Å². The van der Waals surface area contributed by atoms with Crippen molar-refractivity contribution in [2.45, 2.75) is 72.3 Å². The molecule has 1 N–H and O–H groups in total. The second kappa shape index (κ2) is 10.5. The molecule has 0 aliphatic carbocycles. The van der Waals surface area contributed by atoms with Crippen LogP contribution in [0.2, 0.25) is 0 Å². The highest BCUT2D eigenvalue weighted by molar-refractivity contribution is 5.56. The zero-order chi connectivity index (χ0) is 15.5. The first-order valence-electron chi connectivity index (χ1n) is 8.61. The van der Waals surface area contributed by atoms with E-state index in [2.05, 4.69) is 51.2 Å². The first-order chi connectivity index (χ1) is 10.1. The standard InChI is InChI=1S/C19H33NO/c1-5-6-7-8-9-12-17(4)20-18-13-10-11-14-19(18)21-15-16(2)3/h10-11,13-14,16-17,20H,5-9,12,15H2,1-4H3. The van der Waals surface area contributed by atoms with Crippen molar-refractivity contribution in [3.63, 3.8) is 0 Å². The summed E-state index contributed by atoms with van der Waals surface area (Å²) >= 11 is 0. The molecule has 1 aromatic rings. The summed E-state index contributed by atoms with van der Waals surface area (Å²) in [7, 11) is 0. The average Bonchev–Trinajstić information content (AvgIpc) is 2.46. The van der Waals surface area contributed by atoms with Gasteiger partial charge in [-0.05, 0) is 31.4 Å². The largest absolute Gasteiger partial charge is 0.491 e. The molecule has 120 valence electrons. The monoisotopic (exact) mass is 291 g/mol. The summed E-state index contributed by atoms with van der Waals surface area (Å²) < 4.78 is 5.89. The molecule has 0 aliphatic rings. The normalized spacial score (nSPS) is 12.4. The Morgan fingerprint density at radius 3 is 2.43 bits per heavy atom. The van der Waals surface area contributed by atoms with Gasteiger partial charge in [-0.2, -0.15) is 0 Å². The maximum atomic E-state index is 5.89. The molecular weight excluding hydrogens is 258 g/mol. The fourth-order valence-corrected chi connectivity index (χ4v) is 2.36. The van der Waals surface area contributed by atoms with Crippen LogP contribution in [0.15, 0.2) is 24.3 Å².